The van der Waals surface area contributed by atoms with Crippen LogP contribution in [-0.4, -0.2) is 9.85 Å². The fraction of sp³-hybridized carbons (Fsp3) is 0. The molecule has 0 fully saturated rings. The zero-order valence-corrected chi connectivity index (χ0v) is 16.2. The van der Waals surface area contributed by atoms with Crippen LogP contribution in [-0.2, 0) is 0 Å². The lowest BCUT2D eigenvalue weighted by Crippen LogP contribution is -1.92. The summed E-state index contributed by atoms with van der Waals surface area (Å²) in [6.45, 7) is 0. The van der Waals surface area contributed by atoms with E-state index >= 15 is 0 Å². The van der Waals surface area contributed by atoms with E-state index in [-0.39, 0.29) is 11.4 Å². The standard InChI is InChI=1S/C24H16N2O5/c27-25(28)19-13-9-17(10-14-19)21-5-1-3-7-23(21)31-24-8-4-2-6-22(24)18-11-15-20(16-12-18)26(29)30/h1-16H. The largest absolute Gasteiger partial charge is 0.456 e. The average Bonchev–Trinajstić information content (AvgIpc) is 2.80. The van der Waals surface area contributed by atoms with Gasteiger partial charge in [0.25, 0.3) is 11.4 Å². The Kier molecular flexibility index (Phi) is 5.40. The van der Waals surface area contributed by atoms with Gasteiger partial charge in [-0.25, -0.2) is 0 Å². The molecule has 0 aliphatic heterocycles. The van der Waals surface area contributed by atoms with E-state index in [9.17, 15) is 20.2 Å². The molecule has 0 N–H and O–H groups in total. The normalized spacial score (nSPS) is 10.5. The number of nitro benzene ring substituents is 2. The van der Waals surface area contributed by atoms with Crippen LogP contribution in [0.4, 0.5) is 11.4 Å². The van der Waals surface area contributed by atoms with Crippen LogP contribution in [0, 0.1) is 20.2 Å². The van der Waals surface area contributed by atoms with Crippen molar-refractivity contribution in [2.45, 2.75) is 0 Å². The second-order valence-electron chi connectivity index (χ2n) is 6.70. The lowest BCUT2D eigenvalue weighted by molar-refractivity contribution is -0.385. The molecule has 0 unspecified atom stereocenters. The molecule has 0 bridgehead atoms. The van der Waals surface area contributed by atoms with E-state index in [1.165, 1.54) is 24.3 Å². The Morgan fingerprint density at radius 3 is 1.23 bits per heavy atom. The Labute approximate surface area is 177 Å². The molecule has 0 atom stereocenters. The number of hydrogen-bond acceptors (Lipinski definition) is 5. The second kappa shape index (κ2) is 8.46. The number of ether oxygens (including phenoxy) is 1. The maximum atomic E-state index is 10.9. The number of non-ortho nitro benzene ring substituents is 2. The van der Waals surface area contributed by atoms with Crippen molar-refractivity contribution < 1.29 is 14.6 Å². The second-order valence-corrected chi connectivity index (χ2v) is 6.70. The summed E-state index contributed by atoms with van der Waals surface area (Å²) in [6.07, 6.45) is 0. The summed E-state index contributed by atoms with van der Waals surface area (Å²) in [6, 6.07) is 27.4. The SMILES string of the molecule is O=[N+]([O-])c1ccc(-c2ccccc2Oc2ccccc2-c2ccc([N+](=O)[O-])cc2)cc1. The van der Waals surface area contributed by atoms with Crippen LogP contribution < -0.4 is 4.74 Å². The summed E-state index contributed by atoms with van der Waals surface area (Å²) in [5.41, 5.74) is 3.19. The summed E-state index contributed by atoms with van der Waals surface area (Å²) >= 11 is 0. The highest BCUT2D eigenvalue weighted by atomic mass is 16.6. The molecule has 4 aromatic carbocycles. The van der Waals surface area contributed by atoms with Gasteiger partial charge in [-0.15, -0.1) is 0 Å². The molecule has 0 amide bonds. The van der Waals surface area contributed by atoms with Gasteiger partial charge in [-0.1, -0.05) is 36.4 Å². The Balaban J connectivity index is 1.70. The van der Waals surface area contributed by atoms with Crippen molar-refractivity contribution in [3.05, 3.63) is 117 Å². The van der Waals surface area contributed by atoms with Crippen LogP contribution in [0.15, 0.2) is 97.1 Å². The van der Waals surface area contributed by atoms with Crippen LogP contribution in [0.1, 0.15) is 0 Å². The fourth-order valence-electron chi connectivity index (χ4n) is 3.23. The molecular formula is C24H16N2O5. The summed E-state index contributed by atoms with van der Waals surface area (Å²) in [7, 11) is 0. The molecule has 0 radical (unpaired) electrons. The lowest BCUT2D eigenvalue weighted by Gasteiger charge is -2.14. The third-order valence-corrected chi connectivity index (χ3v) is 4.77. The molecule has 0 aliphatic rings. The molecular weight excluding hydrogens is 396 g/mol. The van der Waals surface area contributed by atoms with Crippen molar-refractivity contribution in [1.29, 1.82) is 0 Å². The number of benzene rings is 4. The molecule has 152 valence electrons. The van der Waals surface area contributed by atoms with Gasteiger partial charge in [0.1, 0.15) is 11.5 Å². The van der Waals surface area contributed by atoms with E-state index in [1.807, 2.05) is 48.5 Å². The van der Waals surface area contributed by atoms with Crippen molar-refractivity contribution in [2.24, 2.45) is 0 Å². The highest BCUT2D eigenvalue weighted by molar-refractivity contribution is 5.75. The molecule has 0 aliphatic carbocycles. The van der Waals surface area contributed by atoms with Crippen LogP contribution >= 0.6 is 0 Å². The van der Waals surface area contributed by atoms with Gasteiger partial charge in [-0.05, 0) is 47.5 Å². The van der Waals surface area contributed by atoms with Crippen molar-refractivity contribution in [2.75, 3.05) is 0 Å². The number of para-hydroxylation sites is 2. The highest BCUT2D eigenvalue weighted by Crippen LogP contribution is 2.38. The minimum Gasteiger partial charge on any atom is -0.456 e. The zero-order chi connectivity index (χ0) is 21.8. The van der Waals surface area contributed by atoms with Crippen molar-refractivity contribution in [3.8, 4) is 33.8 Å². The summed E-state index contributed by atoms with van der Waals surface area (Å²) < 4.78 is 6.24. The van der Waals surface area contributed by atoms with Gasteiger partial charge in [0, 0.05) is 35.4 Å². The molecule has 0 spiro atoms. The van der Waals surface area contributed by atoms with Gasteiger partial charge in [0.05, 0.1) is 9.85 Å². The van der Waals surface area contributed by atoms with E-state index in [0.717, 1.165) is 22.3 Å². The molecule has 4 rings (SSSR count). The van der Waals surface area contributed by atoms with Gasteiger partial charge < -0.3 is 4.74 Å². The quantitative estimate of drug-likeness (QED) is 0.262. The number of rotatable bonds is 6. The van der Waals surface area contributed by atoms with Crippen LogP contribution in [0.25, 0.3) is 22.3 Å². The Morgan fingerprint density at radius 2 is 0.871 bits per heavy atom. The predicted molar refractivity (Wildman–Crippen MR) is 117 cm³/mol. The zero-order valence-electron chi connectivity index (χ0n) is 16.2. The predicted octanol–water partition coefficient (Wildman–Crippen LogP) is 6.63. The van der Waals surface area contributed by atoms with Gasteiger partial charge in [-0.2, -0.15) is 0 Å². The van der Waals surface area contributed by atoms with E-state index in [0.29, 0.717) is 11.5 Å². The van der Waals surface area contributed by atoms with Crippen molar-refractivity contribution >= 4 is 11.4 Å². The average molecular weight is 412 g/mol. The smallest absolute Gasteiger partial charge is 0.269 e. The summed E-state index contributed by atoms with van der Waals surface area (Å²) in [5.74, 6) is 1.18. The monoisotopic (exact) mass is 412 g/mol. The van der Waals surface area contributed by atoms with E-state index in [4.69, 9.17) is 4.74 Å². The molecule has 0 heterocycles. The first-order chi connectivity index (χ1) is 15.0. The number of nitrogens with zero attached hydrogens (tertiary/aromatic N) is 2. The summed E-state index contributed by atoms with van der Waals surface area (Å²) in [5, 5.41) is 21.9. The van der Waals surface area contributed by atoms with Gasteiger partial charge >= 0.3 is 0 Å². The first kappa shape index (κ1) is 19.8. The van der Waals surface area contributed by atoms with Gasteiger partial charge in [0.15, 0.2) is 0 Å². The maximum absolute atomic E-state index is 10.9. The minimum atomic E-state index is -0.438. The van der Waals surface area contributed by atoms with Crippen molar-refractivity contribution in [1.82, 2.24) is 0 Å². The molecule has 0 saturated heterocycles. The third kappa shape index (κ3) is 4.25. The Bertz CT molecular complexity index is 1150. The van der Waals surface area contributed by atoms with Crippen LogP contribution in [0.5, 0.6) is 11.5 Å². The molecule has 7 heteroatoms. The van der Waals surface area contributed by atoms with Gasteiger partial charge in [-0.3, -0.25) is 20.2 Å². The molecule has 0 aromatic heterocycles. The first-order valence-electron chi connectivity index (χ1n) is 9.38. The third-order valence-electron chi connectivity index (χ3n) is 4.77. The molecule has 4 aromatic rings. The highest BCUT2D eigenvalue weighted by Gasteiger charge is 2.13. The van der Waals surface area contributed by atoms with Crippen LogP contribution in [0.3, 0.4) is 0 Å². The lowest BCUT2D eigenvalue weighted by atomic mass is 10.0. The van der Waals surface area contributed by atoms with Crippen molar-refractivity contribution in [3.63, 3.8) is 0 Å². The fourth-order valence-corrected chi connectivity index (χ4v) is 3.23. The van der Waals surface area contributed by atoms with Gasteiger partial charge in [0.2, 0.25) is 0 Å². The molecule has 31 heavy (non-hydrogen) atoms. The minimum absolute atomic E-state index is 0.0191. The Morgan fingerprint density at radius 1 is 0.516 bits per heavy atom. The summed E-state index contributed by atoms with van der Waals surface area (Å²) in [4.78, 5) is 21.0. The Hall–Kier alpha value is -4.52. The van der Waals surface area contributed by atoms with E-state index in [2.05, 4.69) is 0 Å². The number of hydrogen-bond donors (Lipinski definition) is 0. The first-order valence-corrected chi connectivity index (χ1v) is 9.38. The maximum Gasteiger partial charge on any atom is 0.269 e. The van der Waals surface area contributed by atoms with E-state index in [1.54, 1.807) is 24.3 Å². The molecule has 0 saturated carbocycles. The van der Waals surface area contributed by atoms with E-state index < -0.39 is 9.85 Å². The number of nitro groups is 2. The topological polar surface area (TPSA) is 95.5 Å². The molecule has 7 nitrogen and oxygen atoms in total. The van der Waals surface area contributed by atoms with Crippen LogP contribution in [0.2, 0.25) is 0 Å².